The Morgan fingerprint density at radius 1 is 1.56 bits per heavy atom. The fourth-order valence-electron chi connectivity index (χ4n) is 2.42. The predicted molar refractivity (Wildman–Crippen MR) is 70.2 cm³/mol. The Morgan fingerprint density at radius 3 is 2.83 bits per heavy atom. The molecule has 6 heteroatoms. The maximum atomic E-state index is 12.4. The molecule has 1 fully saturated rings. The molecule has 1 aromatic rings. The Hall–Kier alpha value is -1.56. The molecule has 0 bridgehead atoms. The summed E-state index contributed by atoms with van der Waals surface area (Å²) in [6.07, 6.45) is 3.72. The third-order valence-electron chi connectivity index (χ3n) is 3.68. The lowest BCUT2D eigenvalue weighted by atomic mass is 10.0. The highest BCUT2D eigenvalue weighted by Crippen LogP contribution is 2.18. The number of carbonyl (C=O) groups is 1. The molecule has 2 N–H and O–H groups in total. The quantitative estimate of drug-likeness (QED) is 0.813. The van der Waals surface area contributed by atoms with Crippen molar-refractivity contribution in [3.63, 3.8) is 0 Å². The number of aromatic nitrogens is 2. The average molecular weight is 251 g/mol. The van der Waals surface area contributed by atoms with Crippen LogP contribution in [-0.4, -0.2) is 58.7 Å². The molecule has 100 valence electrons. The van der Waals surface area contributed by atoms with E-state index in [1.54, 1.807) is 18.1 Å². The van der Waals surface area contributed by atoms with Gasteiger partial charge in [0.05, 0.1) is 6.20 Å². The van der Waals surface area contributed by atoms with Gasteiger partial charge in [-0.05, 0) is 26.4 Å². The molecule has 6 nitrogen and oxygen atoms in total. The second kappa shape index (κ2) is 4.97. The van der Waals surface area contributed by atoms with Gasteiger partial charge in [-0.15, -0.1) is 0 Å². The van der Waals surface area contributed by atoms with Gasteiger partial charge in [0.25, 0.3) is 5.91 Å². The number of hydrogen-bond acceptors (Lipinski definition) is 4. The van der Waals surface area contributed by atoms with Crippen molar-refractivity contribution in [3.05, 3.63) is 11.8 Å². The van der Waals surface area contributed by atoms with Crippen molar-refractivity contribution in [2.45, 2.75) is 18.9 Å². The monoisotopic (exact) mass is 251 g/mol. The summed E-state index contributed by atoms with van der Waals surface area (Å²) in [6.45, 7) is 2.02. The molecule has 2 rings (SSSR count). The molecule has 2 heterocycles. The number of piperidine rings is 1. The lowest BCUT2D eigenvalue weighted by Gasteiger charge is -2.35. The average Bonchev–Trinajstić information content (AvgIpc) is 2.68. The van der Waals surface area contributed by atoms with Crippen LogP contribution in [0.15, 0.2) is 6.20 Å². The first-order valence-corrected chi connectivity index (χ1v) is 6.24. The number of nitrogen functional groups attached to an aromatic ring is 1. The van der Waals surface area contributed by atoms with Gasteiger partial charge in [-0.2, -0.15) is 5.10 Å². The smallest absolute Gasteiger partial charge is 0.259 e. The van der Waals surface area contributed by atoms with Crippen LogP contribution in [0.2, 0.25) is 0 Å². The van der Waals surface area contributed by atoms with E-state index >= 15 is 0 Å². The van der Waals surface area contributed by atoms with E-state index < -0.39 is 0 Å². The molecule has 0 saturated carbocycles. The number of nitrogens with zero attached hydrogens (tertiary/aromatic N) is 4. The van der Waals surface area contributed by atoms with E-state index in [0.717, 1.165) is 25.9 Å². The molecule has 0 radical (unpaired) electrons. The molecule has 1 saturated heterocycles. The molecular formula is C12H21N5O. The van der Waals surface area contributed by atoms with Crippen molar-refractivity contribution in [2.75, 3.05) is 32.9 Å². The largest absolute Gasteiger partial charge is 0.383 e. The topological polar surface area (TPSA) is 67.4 Å². The third kappa shape index (κ3) is 2.33. The van der Waals surface area contributed by atoms with Crippen LogP contribution in [0.25, 0.3) is 0 Å². The van der Waals surface area contributed by atoms with Crippen LogP contribution in [-0.2, 0) is 7.05 Å². The van der Waals surface area contributed by atoms with Gasteiger partial charge < -0.3 is 15.5 Å². The number of likely N-dealkylation sites (tertiary alicyclic amines) is 1. The van der Waals surface area contributed by atoms with E-state index in [2.05, 4.69) is 17.0 Å². The van der Waals surface area contributed by atoms with Gasteiger partial charge in [-0.3, -0.25) is 9.48 Å². The van der Waals surface area contributed by atoms with Gasteiger partial charge in [-0.1, -0.05) is 0 Å². The van der Waals surface area contributed by atoms with E-state index in [4.69, 9.17) is 5.73 Å². The maximum Gasteiger partial charge on any atom is 0.259 e. The summed E-state index contributed by atoms with van der Waals surface area (Å²) >= 11 is 0. The molecule has 1 atom stereocenters. The summed E-state index contributed by atoms with van der Waals surface area (Å²) in [6, 6.07) is 0.260. The van der Waals surface area contributed by atoms with E-state index in [1.807, 2.05) is 7.05 Å². The molecule has 0 spiro atoms. The number of carbonyl (C=O) groups excluding carboxylic acids is 1. The summed E-state index contributed by atoms with van der Waals surface area (Å²) in [4.78, 5) is 16.4. The second-order valence-electron chi connectivity index (χ2n) is 5.04. The van der Waals surface area contributed by atoms with Crippen LogP contribution >= 0.6 is 0 Å². The van der Waals surface area contributed by atoms with Crippen molar-refractivity contribution in [1.29, 1.82) is 0 Å². The zero-order chi connectivity index (χ0) is 13.3. The zero-order valence-corrected chi connectivity index (χ0v) is 11.3. The van der Waals surface area contributed by atoms with Crippen LogP contribution in [0.5, 0.6) is 0 Å². The van der Waals surface area contributed by atoms with Crippen molar-refractivity contribution in [2.24, 2.45) is 7.05 Å². The molecule has 1 amide bonds. The summed E-state index contributed by atoms with van der Waals surface area (Å²) in [5.74, 6) is 0.386. The van der Waals surface area contributed by atoms with Gasteiger partial charge in [0.1, 0.15) is 11.4 Å². The second-order valence-corrected chi connectivity index (χ2v) is 5.04. The van der Waals surface area contributed by atoms with E-state index in [1.165, 1.54) is 4.68 Å². The van der Waals surface area contributed by atoms with Crippen molar-refractivity contribution >= 4 is 11.7 Å². The summed E-state index contributed by atoms with van der Waals surface area (Å²) in [5.41, 5.74) is 6.33. The van der Waals surface area contributed by atoms with Gasteiger partial charge in [0.15, 0.2) is 0 Å². The summed E-state index contributed by atoms with van der Waals surface area (Å²) in [7, 11) is 5.67. The van der Waals surface area contributed by atoms with Crippen LogP contribution in [0, 0.1) is 0 Å². The number of nitrogens with two attached hydrogens (primary N) is 1. The van der Waals surface area contributed by atoms with Crippen LogP contribution in [0.4, 0.5) is 5.82 Å². The Balaban J connectivity index is 2.11. The van der Waals surface area contributed by atoms with E-state index in [9.17, 15) is 4.79 Å². The fraction of sp³-hybridized carbons (Fsp3) is 0.667. The van der Waals surface area contributed by atoms with Crippen LogP contribution in [0.1, 0.15) is 23.2 Å². The fourth-order valence-corrected chi connectivity index (χ4v) is 2.42. The number of anilines is 1. The first-order chi connectivity index (χ1) is 8.50. The molecule has 1 unspecified atom stereocenters. The van der Waals surface area contributed by atoms with E-state index in [0.29, 0.717) is 11.4 Å². The lowest BCUT2D eigenvalue weighted by molar-refractivity contribution is 0.0645. The highest BCUT2D eigenvalue weighted by Gasteiger charge is 2.27. The molecule has 1 aromatic heterocycles. The minimum Gasteiger partial charge on any atom is -0.383 e. The van der Waals surface area contributed by atoms with Crippen molar-refractivity contribution in [1.82, 2.24) is 19.6 Å². The van der Waals surface area contributed by atoms with Crippen LogP contribution in [0.3, 0.4) is 0 Å². The summed E-state index contributed by atoms with van der Waals surface area (Å²) < 4.78 is 1.52. The highest BCUT2D eigenvalue weighted by atomic mass is 16.2. The van der Waals surface area contributed by atoms with Gasteiger partial charge in [-0.25, -0.2) is 0 Å². The molecule has 18 heavy (non-hydrogen) atoms. The van der Waals surface area contributed by atoms with Gasteiger partial charge in [0.2, 0.25) is 0 Å². The standard InChI is InChI=1S/C12H21N5O/c1-15-6-4-5-9(8-15)16(2)12(18)10-7-14-17(3)11(10)13/h7,9H,4-6,8,13H2,1-3H3. The van der Waals surface area contributed by atoms with Gasteiger partial charge in [0, 0.05) is 26.7 Å². The number of hydrogen-bond donors (Lipinski definition) is 1. The Labute approximate surface area is 107 Å². The van der Waals surface area contributed by atoms with Crippen molar-refractivity contribution < 1.29 is 4.79 Å². The van der Waals surface area contributed by atoms with Gasteiger partial charge >= 0.3 is 0 Å². The Kier molecular flexibility index (Phi) is 3.56. The minimum atomic E-state index is -0.0408. The SMILES string of the molecule is CN1CCCC(N(C)C(=O)c2cnn(C)c2N)C1. The molecule has 1 aliphatic rings. The first kappa shape index (κ1) is 12.9. The molecule has 0 aliphatic carbocycles. The van der Waals surface area contributed by atoms with E-state index in [-0.39, 0.29) is 11.9 Å². The third-order valence-corrected chi connectivity index (χ3v) is 3.68. The first-order valence-electron chi connectivity index (χ1n) is 6.24. The molecule has 1 aliphatic heterocycles. The van der Waals surface area contributed by atoms with Crippen molar-refractivity contribution in [3.8, 4) is 0 Å². The predicted octanol–water partition coefficient (Wildman–Crippen LogP) is 0.169. The normalized spacial score (nSPS) is 20.9. The van der Waals surface area contributed by atoms with Crippen LogP contribution < -0.4 is 5.73 Å². The maximum absolute atomic E-state index is 12.4. The Morgan fingerprint density at radius 2 is 2.28 bits per heavy atom. The number of amides is 1. The zero-order valence-electron chi connectivity index (χ0n) is 11.3. The number of aryl methyl sites for hydroxylation is 1. The molecule has 0 aromatic carbocycles. The molecular weight excluding hydrogens is 230 g/mol. The number of likely N-dealkylation sites (N-methyl/N-ethyl adjacent to an activating group) is 2. The lowest BCUT2D eigenvalue weighted by Crippen LogP contribution is -2.47. The highest BCUT2D eigenvalue weighted by molar-refractivity contribution is 5.98. The Bertz CT molecular complexity index is 442. The number of rotatable bonds is 2. The summed E-state index contributed by atoms with van der Waals surface area (Å²) in [5, 5.41) is 4.01. The minimum absolute atomic E-state index is 0.0408.